The number of ether oxygens (including phenoxy) is 1. The molecule has 1 fully saturated rings. The molecule has 1 aliphatic heterocycles. The van der Waals surface area contributed by atoms with Crippen molar-refractivity contribution in [3.63, 3.8) is 0 Å². The third kappa shape index (κ3) is 3.52. The summed E-state index contributed by atoms with van der Waals surface area (Å²) in [6, 6.07) is 1.60. The number of anilines is 1. The van der Waals surface area contributed by atoms with E-state index in [1.165, 1.54) is 6.20 Å². The number of hydrogen-bond donors (Lipinski definition) is 1. The minimum atomic E-state index is -2.81. The molecule has 1 aromatic heterocycles. The first-order chi connectivity index (χ1) is 8.25. The highest BCUT2D eigenvalue weighted by molar-refractivity contribution is 5.48. The van der Waals surface area contributed by atoms with Crippen LogP contribution in [0.1, 0.15) is 6.42 Å². The van der Waals surface area contributed by atoms with Crippen molar-refractivity contribution in [1.29, 1.82) is 0 Å². The van der Waals surface area contributed by atoms with Crippen molar-refractivity contribution in [1.82, 2.24) is 10.3 Å². The summed E-state index contributed by atoms with van der Waals surface area (Å²) in [5, 5.41) is 3.28. The van der Waals surface area contributed by atoms with E-state index in [2.05, 4.69) is 19.9 Å². The van der Waals surface area contributed by atoms with E-state index < -0.39 is 6.61 Å². The second kappa shape index (κ2) is 5.77. The molecule has 2 heterocycles. The minimum Gasteiger partial charge on any atom is -0.433 e. The minimum absolute atomic E-state index is 0.106. The van der Waals surface area contributed by atoms with Gasteiger partial charge in [-0.3, -0.25) is 4.98 Å². The lowest BCUT2D eigenvalue weighted by molar-refractivity contribution is -0.0500. The zero-order chi connectivity index (χ0) is 12.1. The zero-order valence-electron chi connectivity index (χ0n) is 9.40. The van der Waals surface area contributed by atoms with Gasteiger partial charge in [0.2, 0.25) is 0 Å². The number of hydrogen-bond acceptors (Lipinski definition) is 4. The van der Waals surface area contributed by atoms with Crippen LogP contribution in [0.5, 0.6) is 5.75 Å². The van der Waals surface area contributed by atoms with Gasteiger partial charge in [0.1, 0.15) is 5.75 Å². The van der Waals surface area contributed by atoms with E-state index in [0.717, 1.165) is 38.3 Å². The maximum Gasteiger partial charge on any atom is 0.387 e. The Morgan fingerprint density at radius 3 is 3.00 bits per heavy atom. The summed E-state index contributed by atoms with van der Waals surface area (Å²) in [5.74, 6) is 0.106. The third-order valence-corrected chi connectivity index (χ3v) is 2.63. The molecule has 0 saturated carbocycles. The molecule has 1 N–H and O–H groups in total. The fraction of sp³-hybridized carbons (Fsp3) is 0.545. The molecule has 1 aliphatic rings. The fourth-order valence-corrected chi connectivity index (χ4v) is 1.85. The van der Waals surface area contributed by atoms with E-state index in [4.69, 9.17) is 0 Å². The summed E-state index contributed by atoms with van der Waals surface area (Å²) in [5.41, 5.74) is 0.826. The molecule has 0 radical (unpaired) electrons. The van der Waals surface area contributed by atoms with E-state index >= 15 is 0 Å². The summed E-state index contributed by atoms with van der Waals surface area (Å²) in [6.45, 7) is 0.807. The standard InChI is InChI=1S/C11H15F2N3O/c12-11(13)17-10-6-9(7-15-8-10)16-4-1-2-14-3-5-16/h6-8,11,14H,1-5H2. The number of halogens is 2. The van der Waals surface area contributed by atoms with Gasteiger partial charge >= 0.3 is 6.61 Å². The Balaban J connectivity index is 2.08. The normalized spacial score (nSPS) is 17.0. The molecule has 0 bridgehead atoms. The highest BCUT2D eigenvalue weighted by atomic mass is 19.3. The number of alkyl halides is 2. The molecule has 1 saturated heterocycles. The molecule has 0 spiro atoms. The third-order valence-electron chi connectivity index (χ3n) is 2.63. The predicted octanol–water partition coefficient (Wildman–Crippen LogP) is 1.48. The number of aromatic nitrogens is 1. The largest absolute Gasteiger partial charge is 0.433 e. The van der Waals surface area contributed by atoms with Crippen LogP contribution in [0.25, 0.3) is 0 Å². The van der Waals surface area contributed by atoms with Crippen LogP contribution in [-0.4, -0.2) is 37.8 Å². The van der Waals surface area contributed by atoms with Gasteiger partial charge in [-0.1, -0.05) is 0 Å². The first-order valence-corrected chi connectivity index (χ1v) is 5.61. The van der Waals surface area contributed by atoms with Gasteiger partial charge in [-0.2, -0.15) is 8.78 Å². The Kier molecular flexibility index (Phi) is 4.08. The predicted molar refractivity (Wildman–Crippen MR) is 60.6 cm³/mol. The van der Waals surface area contributed by atoms with Crippen molar-refractivity contribution in [2.24, 2.45) is 0 Å². The highest BCUT2D eigenvalue weighted by Crippen LogP contribution is 2.21. The SMILES string of the molecule is FC(F)Oc1cncc(N2CCCNCC2)c1. The molecule has 0 amide bonds. The average molecular weight is 243 g/mol. The van der Waals surface area contributed by atoms with E-state index in [1.807, 2.05) is 0 Å². The van der Waals surface area contributed by atoms with Gasteiger partial charge in [-0.25, -0.2) is 0 Å². The smallest absolute Gasteiger partial charge is 0.387 e. The molecule has 0 aliphatic carbocycles. The lowest BCUT2D eigenvalue weighted by Crippen LogP contribution is -2.27. The summed E-state index contributed by atoms with van der Waals surface area (Å²) in [6.07, 6.45) is 4.00. The monoisotopic (exact) mass is 243 g/mol. The Bertz CT molecular complexity index is 354. The van der Waals surface area contributed by atoms with Crippen molar-refractivity contribution in [3.8, 4) is 5.75 Å². The fourth-order valence-electron chi connectivity index (χ4n) is 1.85. The van der Waals surface area contributed by atoms with Crippen molar-refractivity contribution >= 4 is 5.69 Å². The molecule has 2 rings (SSSR count). The van der Waals surface area contributed by atoms with E-state index in [0.29, 0.717) is 0 Å². The highest BCUT2D eigenvalue weighted by Gasteiger charge is 2.11. The molecule has 6 heteroatoms. The first kappa shape index (κ1) is 12.0. The lowest BCUT2D eigenvalue weighted by Gasteiger charge is -2.22. The Morgan fingerprint density at radius 1 is 1.29 bits per heavy atom. The summed E-state index contributed by atoms with van der Waals surface area (Å²) in [7, 11) is 0. The van der Waals surface area contributed by atoms with Crippen molar-refractivity contribution < 1.29 is 13.5 Å². The molecular formula is C11H15F2N3O. The van der Waals surface area contributed by atoms with Crippen molar-refractivity contribution in [2.75, 3.05) is 31.1 Å². The van der Waals surface area contributed by atoms with Crippen molar-refractivity contribution in [2.45, 2.75) is 13.0 Å². The summed E-state index contributed by atoms with van der Waals surface area (Å²) >= 11 is 0. The van der Waals surface area contributed by atoms with E-state index in [9.17, 15) is 8.78 Å². The molecular weight excluding hydrogens is 228 g/mol. The molecule has 4 nitrogen and oxygen atoms in total. The van der Waals surface area contributed by atoms with Gasteiger partial charge in [0, 0.05) is 25.7 Å². The zero-order valence-corrected chi connectivity index (χ0v) is 9.40. The maximum absolute atomic E-state index is 12.1. The van der Waals surface area contributed by atoms with Gasteiger partial charge in [-0.15, -0.1) is 0 Å². The van der Waals surface area contributed by atoms with E-state index in [-0.39, 0.29) is 5.75 Å². The number of pyridine rings is 1. The van der Waals surface area contributed by atoms with Crippen LogP contribution < -0.4 is 15.0 Å². The van der Waals surface area contributed by atoms with Crippen LogP contribution in [0.2, 0.25) is 0 Å². The van der Waals surface area contributed by atoms with Gasteiger partial charge < -0.3 is 15.0 Å². The molecule has 94 valence electrons. The van der Waals surface area contributed by atoms with Gasteiger partial charge in [0.15, 0.2) is 0 Å². The topological polar surface area (TPSA) is 37.4 Å². The lowest BCUT2D eigenvalue weighted by atomic mass is 10.3. The number of nitrogens with one attached hydrogen (secondary N) is 1. The molecule has 0 aromatic carbocycles. The van der Waals surface area contributed by atoms with Crippen LogP contribution in [0.15, 0.2) is 18.5 Å². The Morgan fingerprint density at radius 2 is 2.18 bits per heavy atom. The van der Waals surface area contributed by atoms with Gasteiger partial charge in [-0.05, 0) is 13.0 Å². The van der Waals surface area contributed by atoms with Crippen LogP contribution in [0.3, 0.4) is 0 Å². The van der Waals surface area contributed by atoms with Gasteiger partial charge in [0.25, 0.3) is 0 Å². The quantitative estimate of drug-likeness (QED) is 0.872. The summed E-state index contributed by atoms with van der Waals surface area (Å²) < 4.78 is 28.5. The average Bonchev–Trinajstić information content (AvgIpc) is 2.57. The Labute approximate surface area is 98.6 Å². The molecule has 1 aromatic rings. The van der Waals surface area contributed by atoms with Crippen LogP contribution in [-0.2, 0) is 0 Å². The number of rotatable bonds is 3. The van der Waals surface area contributed by atoms with E-state index in [1.54, 1.807) is 12.3 Å². The van der Waals surface area contributed by atoms with Gasteiger partial charge in [0.05, 0.1) is 18.1 Å². The second-order valence-corrected chi connectivity index (χ2v) is 3.85. The van der Waals surface area contributed by atoms with Crippen LogP contribution in [0.4, 0.5) is 14.5 Å². The van der Waals surface area contributed by atoms with Crippen LogP contribution in [0, 0.1) is 0 Å². The van der Waals surface area contributed by atoms with Crippen LogP contribution >= 0.6 is 0 Å². The second-order valence-electron chi connectivity index (χ2n) is 3.85. The molecule has 0 unspecified atom stereocenters. The number of nitrogens with zero attached hydrogens (tertiary/aromatic N) is 2. The Hall–Kier alpha value is -1.43. The first-order valence-electron chi connectivity index (χ1n) is 5.61. The molecule has 17 heavy (non-hydrogen) atoms. The maximum atomic E-state index is 12.1. The summed E-state index contributed by atoms with van der Waals surface area (Å²) in [4.78, 5) is 6.04. The molecule has 0 atom stereocenters. The van der Waals surface area contributed by atoms with Crippen molar-refractivity contribution in [3.05, 3.63) is 18.5 Å².